The van der Waals surface area contributed by atoms with E-state index in [0.29, 0.717) is 6.04 Å². The Hall–Kier alpha value is -1.19. The third-order valence-corrected chi connectivity index (χ3v) is 4.58. The van der Waals surface area contributed by atoms with Crippen LogP contribution in [0.25, 0.3) is 0 Å². The molecule has 104 valence electrons. The van der Waals surface area contributed by atoms with Gasteiger partial charge in [0.05, 0.1) is 13.2 Å². The molecule has 1 atom stereocenters. The summed E-state index contributed by atoms with van der Waals surface area (Å²) in [6.45, 7) is 0. The van der Waals surface area contributed by atoms with Gasteiger partial charge in [0, 0.05) is 15.2 Å². The average molecular weight is 353 g/mol. The lowest BCUT2D eigenvalue weighted by Gasteiger charge is -2.17. The van der Waals surface area contributed by atoms with Gasteiger partial charge in [-0.25, -0.2) is 0 Å². The summed E-state index contributed by atoms with van der Waals surface area (Å²) < 4.78 is 6.31. The highest BCUT2D eigenvalue weighted by Gasteiger charge is 2.23. The first kappa shape index (κ1) is 13.8. The molecule has 1 aliphatic carbocycles. The second-order valence-electron chi connectivity index (χ2n) is 4.92. The third kappa shape index (κ3) is 2.65. The van der Waals surface area contributed by atoms with Crippen LogP contribution in [0.3, 0.4) is 0 Å². The van der Waals surface area contributed by atoms with Crippen LogP contribution in [-0.4, -0.2) is 7.11 Å². The van der Waals surface area contributed by atoms with E-state index in [-0.39, 0.29) is 0 Å². The van der Waals surface area contributed by atoms with Crippen LogP contribution < -0.4 is 10.1 Å². The summed E-state index contributed by atoms with van der Waals surface area (Å²) >= 11 is 9.53. The Kier molecular flexibility index (Phi) is 3.90. The van der Waals surface area contributed by atoms with E-state index in [0.717, 1.165) is 33.8 Å². The Labute approximate surface area is 132 Å². The largest absolute Gasteiger partial charge is 0.497 e. The zero-order valence-corrected chi connectivity index (χ0v) is 13.5. The summed E-state index contributed by atoms with van der Waals surface area (Å²) in [4.78, 5) is 0. The molecular weight excluding hydrogens is 338 g/mol. The van der Waals surface area contributed by atoms with E-state index < -0.39 is 0 Å². The van der Waals surface area contributed by atoms with E-state index in [4.69, 9.17) is 16.3 Å². The van der Waals surface area contributed by atoms with Crippen LogP contribution in [-0.2, 0) is 6.42 Å². The first-order chi connectivity index (χ1) is 9.67. The molecule has 1 unspecified atom stereocenters. The molecule has 0 amide bonds. The normalized spacial score (nSPS) is 16.9. The number of aryl methyl sites for hydroxylation is 1. The predicted molar refractivity (Wildman–Crippen MR) is 86.8 cm³/mol. The molecule has 1 aliphatic rings. The molecule has 0 spiro atoms. The number of rotatable bonds is 3. The van der Waals surface area contributed by atoms with Gasteiger partial charge in [-0.3, -0.25) is 0 Å². The molecule has 0 aromatic heterocycles. The number of benzene rings is 2. The van der Waals surface area contributed by atoms with Gasteiger partial charge in [-0.2, -0.15) is 0 Å². The number of hydrogen-bond acceptors (Lipinski definition) is 2. The minimum absolute atomic E-state index is 0.317. The lowest BCUT2D eigenvalue weighted by atomic mass is 10.1. The monoisotopic (exact) mass is 351 g/mol. The third-order valence-electron chi connectivity index (χ3n) is 3.69. The van der Waals surface area contributed by atoms with Crippen LogP contribution in [0, 0.1) is 0 Å². The highest BCUT2D eigenvalue weighted by Crippen LogP contribution is 2.37. The van der Waals surface area contributed by atoms with Crippen molar-refractivity contribution in [1.29, 1.82) is 0 Å². The number of methoxy groups -OCH3 is 1. The summed E-state index contributed by atoms with van der Waals surface area (Å²) in [5, 5.41) is 4.32. The van der Waals surface area contributed by atoms with Gasteiger partial charge in [0.25, 0.3) is 0 Å². The fraction of sp³-hybridized carbons (Fsp3) is 0.250. The fourth-order valence-corrected chi connectivity index (χ4v) is 3.45. The molecule has 2 aromatic carbocycles. The molecule has 0 heterocycles. The van der Waals surface area contributed by atoms with E-state index in [1.54, 1.807) is 7.11 Å². The Bertz CT molecular complexity index is 644. The molecule has 0 radical (unpaired) electrons. The van der Waals surface area contributed by atoms with Gasteiger partial charge >= 0.3 is 0 Å². The van der Waals surface area contributed by atoms with E-state index in [9.17, 15) is 0 Å². The van der Waals surface area contributed by atoms with Crippen molar-refractivity contribution in [3.05, 3.63) is 57.0 Å². The number of halogens is 2. The number of hydrogen-bond donors (Lipinski definition) is 1. The van der Waals surface area contributed by atoms with Crippen LogP contribution in [0.5, 0.6) is 5.75 Å². The molecule has 1 N–H and O–H groups in total. The fourth-order valence-electron chi connectivity index (χ4n) is 2.65. The van der Waals surface area contributed by atoms with Gasteiger partial charge in [-0.15, -0.1) is 0 Å². The zero-order valence-electron chi connectivity index (χ0n) is 11.1. The molecule has 0 bridgehead atoms. The Morgan fingerprint density at radius 1 is 1.25 bits per heavy atom. The molecule has 2 nitrogen and oxygen atoms in total. The van der Waals surface area contributed by atoms with Crippen LogP contribution in [0.1, 0.15) is 23.6 Å². The number of fused-ring (bicyclic) bond motifs is 1. The van der Waals surface area contributed by atoms with Crippen molar-refractivity contribution in [3.63, 3.8) is 0 Å². The van der Waals surface area contributed by atoms with Crippen molar-refractivity contribution in [2.24, 2.45) is 0 Å². The molecule has 0 saturated heterocycles. The van der Waals surface area contributed by atoms with Crippen LogP contribution in [0.2, 0.25) is 5.02 Å². The summed E-state index contributed by atoms with van der Waals surface area (Å²) in [5.41, 5.74) is 3.79. The maximum absolute atomic E-state index is 5.98. The van der Waals surface area contributed by atoms with Crippen molar-refractivity contribution < 1.29 is 4.74 Å². The minimum atomic E-state index is 0.317. The second kappa shape index (κ2) is 5.66. The lowest BCUT2D eigenvalue weighted by molar-refractivity contribution is 0.414. The molecule has 0 aliphatic heterocycles. The first-order valence-corrected chi connectivity index (χ1v) is 7.73. The van der Waals surface area contributed by atoms with E-state index >= 15 is 0 Å². The van der Waals surface area contributed by atoms with Gasteiger partial charge in [0.15, 0.2) is 0 Å². The van der Waals surface area contributed by atoms with Gasteiger partial charge in [0.1, 0.15) is 5.75 Å². The SMILES string of the molecule is COc1ccc2c(c1)C(Nc1ccc(Cl)cc1Br)CC2. The summed E-state index contributed by atoms with van der Waals surface area (Å²) in [7, 11) is 1.70. The number of anilines is 1. The van der Waals surface area contributed by atoms with Crippen LogP contribution in [0.15, 0.2) is 40.9 Å². The zero-order chi connectivity index (χ0) is 14.1. The van der Waals surface area contributed by atoms with E-state index in [1.165, 1.54) is 11.1 Å². The van der Waals surface area contributed by atoms with Crippen LogP contribution in [0.4, 0.5) is 5.69 Å². The van der Waals surface area contributed by atoms with Crippen LogP contribution >= 0.6 is 27.5 Å². The smallest absolute Gasteiger partial charge is 0.119 e. The topological polar surface area (TPSA) is 21.3 Å². The molecule has 0 fully saturated rings. The van der Waals surface area contributed by atoms with Gasteiger partial charge in [0.2, 0.25) is 0 Å². The maximum Gasteiger partial charge on any atom is 0.119 e. The highest BCUT2D eigenvalue weighted by molar-refractivity contribution is 9.10. The summed E-state index contributed by atoms with van der Waals surface area (Å²) in [5.74, 6) is 0.910. The van der Waals surface area contributed by atoms with Crippen molar-refractivity contribution in [1.82, 2.24) is 0 Å². The minimum Gasteiger partial charge on any atom is -0.497 e. The van der Waals surface area contributed by atoms with Crippen molar-refractivity contribution in [3.8, 4) is 5.75 Å². The Morgan fingerprint density at radius 2 is 2.10 bits per heavy atom. The lowest BCUT2D eigenvalue weighted by Crippen LogP contribution is -2.07. The first-order valence-electron chi connectivity index (χ1n) is 6.56. The van der Waals surface area contributed by atoms with Gasteiger partial charge < -0.3 is 10.1 Å². The molecular formula is C16H15BrClNO. The Morgan fingerprint density at radius 3 is 2.85 bits per heavy atom. The van der Waals surface area contributed by atoms with Gasteiger partial charge in [-0.1, -0.05) is 17.7 Å². The Balaban J connectivity index is 1.87. The van der Waals surface area contributed by atoms with E-state index in [1.807, 2.05) is 24.3 Å². The standard InChI is InChI=1S/C16H15BrClNO/c1-20-12-5-2-10-3-6-15(13(10)9-12)19-16-7-4-11(18)8-14(16)17/h2,4-5,7-9,15,19H,3,6H2,1H3. The molecule has 3 rings (SSSR count). The van der Waals surface area contributed by atoms with Crippen molar-refractivity contribution in [2.45, 2.75) is 18.9 Å². The van der Waals surface area contributed by atoms with Crippen molar-refractivity contribution in [2.75, 3.05) is 12.4 Å². The van der Waals surface area contributed by atoms with E-state index in [2.05, 4.69) is 33.4 Å². The molecule has 4 heteroatoms. The molecule has 2 aromatic rings. The summed E-state index contributed by atoms with van der Waals surface area (Å²) in [6, 6.07) is 12.4. The molecule has 0 saturated carbocycles. The van der Waals surface area contributed by atoms with Crippen molar-refractivity contribution >= 4 is 33.2 Å². The highest BCUT2D eigenvalue weighted by atomic mass is 79.9. The average Bonchev–Trinajstić information content (AvgIpc) is 2.84. The van der Waals surface area contributed by atoms with Gasteiger partial charge in [-0.05, 0) is 70.2 Å². The number of ether oxygens (including phenoxy) is 1. The molecule has 20 heavy (non-hydrogen) atoms. The summed E-state index contributed by atoms with van der Waals surface area (Å²) in [6.07, 6.45) is 2.19. The quantitative estimate of drug-likeness (QED) is 0.818. The number of nitrogens with one attached hydrogen (secondary N) is 1. The second-order valence-corrected chi connectivity index (χ2v) is 6.22. The maximum atomic E-state index is 5.98. The predicted octanol–water partition coefficient (Wildman–Crippen LogP) is 5.21.